The Morgan fingerprint density at radius 1 is 1.30 bits per heavy atom. The van der Waals surface area contributed by atoms with Crippen molar-refractivity contribution in [3.05, 3.63) is 24.0 Å². The number of cyclic esters (lactones) is 1. The molecule has 0 spiro atoms. The topological polar surface area (TPSA) is 88.3 Å². The van der Waals surface area contributed by atoms with Gasteiger partial charge in [-0.1, -0.05) is 0 Å². The number of carbonyl (C=O) groups excluding carboxylic acids is 2. The van der Waals surface area contributed by atoms with Crippen molar-refractivity contribution in [2.24, 2.45) is 5.73 Å². The zero-order valence-electron chi connectivity index (χ0n) is 15.9. The summed E-state index contributed by atoms with van der Waals surface area (Å²) in [7, 11) is 0. The number of hydrogen-bond donors (Lipinski definition) is 1. The van der Waals surface area contributed by atoms with Gasteiger partial charge in [-0.2, -0.15) is 0 Å². The van der Waals surface area contributed by atoms with Crippen LogP contribution in [0, 0.1) is 5.82 Å². The summed E-state index contributed by atoms with van der Waals surface area (Å²) in [5.74, 6) is -1.74. The van der Waals surface area contributed by atoms with E-state index in [0.29, 0.717) is 25.3 Å². The van der Waals surface area contributed by atoms with Gasteiger partial charge in [0.1, 0.15) is 11.9 Å². The van der Waals surface area contributed by atoms with E-state index in [9.17, 15) is 22.8 Å². The predicted octanol–water partition coefficient (Wildman–Crippen LogP) is 2.06. The van der Waals surface area contributed by atoms with Crippen molar-refractivity contribution >= 4 is 40.6 Å². The summed E-state index contributed by atoms with van der Waals surface area (Å²) in [6.45, 7) is 1.54. The van der Waals surface area contributed by atoms with Crippen LogP contribution in [0.15, 0.2) is 18.2 Å². The minimum atomic E-state index is -3.04. The van der Waals surface area contributed by atoms with Crippen molar-refractivity contribution in [1.29, 1.82) is 0 Å². The van der Waals surface area contributed by atoms with Gasteiger partial charge in [-0.05, 0) is 36.8 Å². The third kappa shape index (κ3) is 5.11. The molecule has 1 aromatic carbocycles. The lowest BCUT2D eigenvalue weighted by Crippen LogP contribution is -2.37. The molecular weight excluding hydrogens is 425 g/mol. The van der Waals surface area contributed by atoms with Crippen LogP contribution in [0.3, 0.4) is 0 Å². The van der Waals surface area contributed by atoms with Crippen molar-refractivity contribution in [3.8, 4) is 0 Å². The van der Waals surface area contributed by atoms with Gasteiger partial charge < -0.3 is 15.4 Å². The first-order chi connectivity index (χ1) is 14.3. The lowest BCUT2D eigenvalue weighted by molar-refractivity contribution is -0.129. The number of ether oxygens (including phenoxy) is 1. The maximum atomic E-state index is 14.8. The molecule has 0 unspecified atom stereocenters. The molecule has 2 aliphatic heterocycles. The van der Waals surface area contributed by atoms with E-state index in [-0.39, 0.29) is 30.4 Å². The molecule has 2 fully saturated rings. The molecule has 0 aromatic heterocycles. The second-order valence-electron chi connectivity index (χ2n) is 6.82. The van der Waals surface area contributed by atoms with Gasteiger partial charge in [0.25, 0.3) is 6.43 Å². The van der Waals surface area contributed by atoms with Gasteiger partial charge in [-0.3, -0.25) is 14.5 Å². The predicted molar refractivity (Wildman–Crippen MR) is 106 cm³/mol. The number of alkyl halides is 2. The maximum Gasteiger partial charge on any atom is 0.414 e. The van der Waals surface area contributed by atoms with Crippen LogP contribution in [-0.2, 0) is 14.4 Å². The number of hydrogen-bond acceptors (Lipinski definition) is 6. The van der Waals surface area contributed by atoms with Gasteiger partial charge in [0.05, 0.1) is 31.1 Å². The van der Waals surface area contributed by atoms with E-state index in [1.54, 1.807) is 17.0 Å². The molecule has 1 atom stereocenters. The van der Waals surface area contributed by atoms with E-state index < -0.39 is 36.6 Å². The molecule has 0 radical (unpaired) electrons. The fourth-order valence-corrected chi connectivity index (χ4v) is 3.42. The Morgan fingerprint density at radius 2 is 2.07 bits per heavy atom. The van der Waals surface area contributed by atoms with E-state index in [2.05, 4.69) is 0 Å². The number of amides is 1. The second-order valence-corrected chi connectivity index (χ2v) is 7.24. The Kier molecular flexibility index (Phi) is 6.98. The van der Waals surface area contributed by atoms with Crippen LogP contribution in [0.1, 0.15) is 12.8 Å². The largest absolute Gasteiger partial charge is 0.444 e. The number of nitrogens with zero attached hydrogens (tertiary/aromatic N) is 3. The maximum absolute atomic E-state index is 14.8. The number of carbonyl (C=O) groups is 2. The molecule has 1 aromatic rings. The van der Waals surface area contributed by atoms with Gasteiger partial charge in [0, 0.05) is 19.5 Å². The average Bonchev–Trinajstić information content (AvgIpc) is 2.90. The molecule has 2 saturated heterocycles. The standard InChI is InChI=1S/C18H21F3N4O4S/c19-13-9-11(24-10-12(29-18(24)27)2-4-15(26)16(20)21)1-3-14(13)23-5-6-25(17(22)30)28-8-7-23/h1,3,9,12,16H,2,4-8,10H2,(H2,22,30)/t12-/m0/s1. The molecule has 0 saturated carbocycles. The lowest BCUT2D eigenvalue weighted by atomic mass is 10.1. The Hall–Kier alpha value is -2.60. The van der Waals surface area contributed by atoms with Crippen LogP contribution in [0.5, 0.6) is 0 Å². The first-order valence-electron chi connectivity index (χ1n) is 9.29. The molecule has 0 bridgehead atoms. The van der Waals surface area contributed by atoms with Gasteiger partial charge >= 0.3 is 6.09 Å². The molecule has 2 aliphatic rings. The lowest BCUT2D eigenvalue weighted by Gasteiger charge is -2.24. The molecule has 12 heteroatoms. The second kappa shape index (κ2) is 9.47. The summed E-state index contributed by atoms with van der Waals surface area (Å²) in [5.41, 5.74) is 6.16. The average molecular weight is 446 g/mol. The Labute approximate surface area is 176 Å². The van der Waals surface area contributed by atoms with Gasteiger partial charge in [0.2, 0.25) is 0 Å². The molecular formula is C18H21F3N4O4S. The number of ketones is 1. The van der Waals surface area contributed by atoms with Crippen LogP contribution < -0.4 is 15.5 Å². The van der Waals surface area contributed by atoms with Crippen molar-refractivity contribution in [2.75, 3.05) is 42.6 Å². The third-order valence-electron chi connectivity index (χ3n) is 4.84. The summed E-state index contributed by atoms with van der Waals surface area (Å²) in [6, 6.07) is 4.33. The first-order valence-corrected chi connectivity index (χ1v) is 9.70. The van der Waals surface area contributed by atoms with E-state index >= 15 is 0 Å². The number of Topliss-reactive ketones (excluding diaryl/α,β-unsaturated/α-hetero) is 1. The normalized spacial score (nSPS) is 19.8. The number of nitrogens with two attached hydrogens (primary N) is 1. The van der Waals surface area contributed by atoms with Crippen LogP contribution in [0.2, 0.25) is 0 Å². The van der Waals surface area contributed by atoms with Crippen molar-refractivity contribution in [2.45, 2.75) is 25.4 Å². The molecule has 1 amide bonds. The Morgan fingerprint density at radius 3 is 2.73 bits per heavy atom. The van der Waals surface area contributed by atoms with Gasteiger partial charge in [-0.15, -0.1) is 0 Å². The number of rotatable bonds is 6. The molecule has 2 heterocycles. The fraction of sp³-hybridized carbons (Fsp3) is 0.500. The fourth-order valence-electron chi connectivity index (χ4n) is 3.28. The van der Waals surface area contributed by atoms with E-state index in [4.69, 9.17) is 27.5 Å². The highest BCUT2D eigenvalue weighted by molar-refractivity contribution is 7.80. The number of thiocarbonyl (C=S) groups is 1. The van der Waals surface area contributed by atoms with E-state index in [1.165, 1.54) is 16.0 Å². The van der Waals surface area contributed by atoms with E-state index in [1.807, 2.05) is 0 Å². The summed E-state index contributed by atoms with van der Waals surface area (Å²) in [6.07, 6.45) is -4.88. The molecule has 0 aliphatic carbocycles. The van der Waals surface area contributed by atoms with Crippen LogP contribution in [0.25, 0.3) is 0 Å². The number of anilines is 2. The Balaban J connectivity index is 1.64. The summed E-state index contributed by atoms with van der Waals surface area (Å²) in [4.78, 5) is 31.6. The number of hydroxylamine groups is 2. The molecule has 164 valence electrons. The van der Waals surface area contributed by atoms with Crippen molar-refractivity contribution in [3.63, 3.8) is 0 Å². The van der Waals surface area contributed by atoms with Gasteiger partial charge in [-0.25, -0.2) is 23.0 Å². The Bertz CT molecular complexity index is 829. The molecule has 8 nitrogen and oxygen atoms in total. The zero-order valence-corrected chi connectivity index (χ0v) is 16.7. The first kappa shape index (κ1) is 22.1. The quantitative estimate of drug-likeness (QED) is 0.665. The van der Waals surface area contributed by atoms with E-state index in [0.717, 1.165) is 0 Å². The highest BCUT2D eigenvalue weighted by atomic mass is 32.1. The zero-order chi connectivity index (χ0) is 21.8. The minimum Gasteiger partial charge on any atom is -0.444 e. The minimum absolute atomic E-state index is 0.0146. The number of benzene rings is 1. The highest BCUT2D eigenvalue weighted by Gasteiger charge is 2.33. The summed E-state index contributed by atoms with van der Waals surface area (Å²) in [5, 5.41) is 1.48. The monoisotopic (exact) mass is 446 g/mol. The molecule has 2 N–H and O–H groups in total. The van der Waals surface area contributed by atoms with Crippen molar-refractivity contribution < 1.29 is 32.3 Å². The summed E-state index contributed by atoms with van der Waals surface area (Å²) >= 11 is 4.88. The smallest absolute Gasteiger partial charge is 0.414 e. The van der Waals surface area contributed by atoms with Crippen LogP contribution in [0.4, 0.5) is 29.3 Å². The SMILES string of the molecule is NC(=S)N1CCN(c2ccc(N3C[C@H](CCC(=O)C(F)F)OC3=O)cc2F)CCO1. The van der Waals surface area contributed by atoms with Crippen LogP contribution >= 0.6 is 12.2 Å². The van der Waals surface area contributed by atoms with Crippen LogP contribution in [-0.4, -0.2) is 67.4 Å². The summed E-state index contributed by atoms with van der Waals surface area (Å²) < 4.78 is 44.5. The van der Waals surface area contributed by atoms with Crippen molar-refractivity contribution in [1.82, 2.24) is 5.06 Å². The molecule has 3 rings (SSSR count). The van der Waals surface area contributed by atoms with Gasteiger partial charge in [0.15, 0.2) is 10.9 Å². The molecule has 30 heavy (non-hydrogen) atoms. The number of halogens is 3. The highest BCUT2D eigenvalue weighted by Crippen LogP contribution is 2.29. The third-order valence-corrected chi connectivity index (χ3v) is 5.04.